The summed E-state index contributed by atoms with van der Waals surface area (Å²) >= 11 is 6.11. The number of carbonyl (C=O) groups excluding carboxylic acids is 1. The smallest absolute Gasteiger partial charge is 0.293 e. The van der Waals surface area contributed by atoms with E-state index in [0.717, 1.165) is 0 Å². The molecule has 2 rings (SSSR count). The van der Waals surface area contributed by atoms with Gasteiger partial charge in [0.25, 0.3) is 5.91 Å². The number of amides is 1. The highest BCUT2D eigenvalue weighted by atomic mass is 35.5. The van der Waals surface area contributed by atoms with Crippen molar-refractivity contribution in [2.45, 2.75) is 0 Å². The average molecular weight is 324 g/mol. The number of nitrogens with one attached hydrogen (secondary N) is 1. The molecule has 0 aliphatic rings. The Kier molecular flexibility index (Phi) is 5.00. The van der Waals surface area contributed by atoms with Crippen molar-refractivity contribution in [3.63, 3.8) is 0 Å². The minimum absolute atomic E-state index is 0.00773. The van der Waals surface area contributed by atoms with Gasteiger partial charge in [0.15, 0.2) is 17.2 Å². The van der Waals surface area contributed by atoms with E-state index < -0.39 is 5.91 Å². The second-order valence-electron chi connectivity index (χ2n) is 4.09. The molecule has 1 aromatic heterocycles. The molecule has 0 saturated heterocycles. The van der Waals surface area contributed by atoms with Gasteiger partial charge in [-0.15, -0.1) is 0 Å². The van der Waals surface area contributed by atoms with Gasteiger partial charge in [0.05, 0.1) is 44.4 Å². The first-order valence-electron chi connectivity index (χ1n) is 6.18. The molecule has 0 radical (unpaired) electrons. The highest BCUT2D eigenvalue weighted by Gasteiger charge is 2.15. The summed E-state index contributed by atoms with van der Waals surface area (Å²) in [6.45, 7) is 0. The monoisotopic (exact) mass is 323 g/mol. The number of rotatable bonds is 5. The molecule has 0 atom stereocenters. The van der Waals surface area contributed by atoms with Crippen molar-refractivity contribution < 1.29 is 19.0 Å². The van der Waals surface area contributed by atoms with Gasteiger partial charge in [-0.3, -0.25) is 4.79 Å². The second kappa shape index (κ2) is 6.95. The SMILES string of the molecule is COc1cnc(C(=O)Nc2cc(OC)c(OC)cc2Cl)nc1. The molecule has 116 valence electrons. The second-order valence-corrected chi connectivity index (χ2v) is 4.49. The van der Waals surface area contributed by atoms with Crippen molar-refractivity contribution in [1.29, 1.82) is 0 Å². The number of carbonyl (C=O) groups is 1. The first kappa shape index (κ1) is 15.8. The molecule has 0 aliphatic heterocycles. The van der Waals surface area contributed by atoms with Crippen LogP contribution in [-0.2, 0) is 0 Å². The predicted molar refractivity (Wildman–Crippen MR) is 81.1 cm³/mol. The van der Waals surface area contributed by atoms with Crippen LogP contribution in [0.5, 0.6) is 17.2 Å². The molecule has 0 spiro atoms. The van der Waals surface area contributed by atoms with Gasteiger partial charge in [0.1, 0.15) is 0 Å². The number of aromatic nitrogens is 2. The summed E-state index contributed by atoms with van der Waals surface area (Å²) in [6.07, 6.45) is 2.80. The van der Waals surface area contributed by atoms with E-state index >= 15 is 0 Å². The molecule has 0 bridgehead atoms. The fourth-order valence-corrected chi connectivity index (χ4v) is 1.87. The van der Waals surface area contributed by atoms with Crippen molar-refractivity contribution in [1.82, 2.24) is 9.97 Å². The number of hydrogen-bond acceptors (Lipinski definition) is 6. The zero-order valence-electron chi connectivity index (χ0n) is 12.2. The normalized spacial score (nSPS) is 10.0. The van der Waals surface area contributed by atoms with E-state index in [4.69, 9.17) is 25.8 Å². The largest absolute Gasteiger partial charge is 0.494 e. The summed E-state index contributed by atoms with van der Waals surface area (Å²) < 4.78 is 15.2. The Balaban J connectivity index is 2.23. The fourth-order valence-electron chi connectivity index (χ4n) is 1.67. The number of hydrogen-bond donors (Lipinski definition) is 1. The third-order valence-corrected chi connectivity index (χ3v) is 3.10. The number of nitrogens with zero attached hydrogens (tertiary/aromatic N) is 2. The molecule has 0 fully saturated rings. The Morgan fingerprint density at radius 3 is 2.18 bits per heavy atom. The van der Waals surface area contributed by atoms with Crippen LogP contribution in [0.25, 0.3) is 0 Å². The molecule has 0 unspecified atom stereocenters. The van der Waals surface area contributed by atoms with Gasteiger partial charge in [-0.05, 0) is 0 Å². The van der Waals surface area contributed by atoms with Gasteiger partial charge >= 0.3 is 0 Å². The summed E-state index contributed by atoms with van der Waals surface area (Å²) in [6, 6.07) is 3.10. The Morgan fingerprint density at radius 2 is 1.64 bits per heavy atom. The summed E-state index contributed by atoms with van der Waals surface area (Å²) in [5, 5.41) is 2.92. The quantitative estimate of drug-likeness (QED) is 0.909. The van der Waals surface area contributed by atoms with Crippen LogP contribution in [0.2, 0.25) is 5.02 Å². The highest BCUT2D eigenvalue weighted by molar-refractivity contribution is 6.34. The molecule has 1 N–H and O–H groups in total. The van der Waals surface area contributed by atoms with Crippen LogP contribution in [0, 0.1) is 0 Å². The highest BCUT2D eigenvalue weighted by Crippen LogP contribution is 2.36. The van der Waals surface area contributed by atoms with Crippen molar-refractivity contribution in [3.8, 4) is 17.2 Å². The Bertz CT molecular complexity index is 677. The zero-order chi connectivity index (χ0) is 16.1. The number of benzene rings is 1. The Morgan fingerprint density at radius 1 is 1.05 bits per heavy atom. The molecule has 0 aliphatic carbocycles. The molecule has 0 saturated carbocycles. The van der Waals surface area contributed by atoms with Gasteiger partial charge in [-0.2, -0.15) is 0 Å². The summed E-state index contributed by atoms with van der Waals surface area (Å²) in [5.41, 5.74) is 0.365. The first-order valence-corrected chi connectivity index (χ1v) is 6.55. The average Bonchev–Trinajstić information content (AvgIpc) is 2.56. The van der Waals surface area contributed by atoms with Crippen LogP contribution in [0.15, 0.2) is 24.5 Å². The van der Waals surface area contributed by atoms with Crippen LogP contribution in [0.3, 0.4) is 0 Å². The van der Waals surface area contributed by atoms with Gasteiger partial charge in [-0.1, -0.05) is 11.6 Å². The van der Waals surface area contributed by atoms with Crippen LogP contribution in [0.1, 0.15) is 10.6 Å². The van der Waals surface area contributed by atoms with Crippen LogP contribution in [0.4, 0.5) is 5.69 Å². The van der Waals surface area contributed by atoms with Gasteiger partial charge < -0.3 is 19.5 Å². The van der Waals surface area contributed by atoms with E-state index in [1.54, 1.807) is 12.1 Å². The fraction of sp³-hybridized carbons (Fsp3) is 0.214. The van der Waals surface area contributed by atoms with Crippen molar-refractivity contribution >= 4 is 23.2 Å². The molecule has 1 aromatic carbocycles. The van der Waals surface area contributed by atoms with Gasteiger partial charge in [0.2, 0.25) is 5.82 Å². The van der Waals surface area contributed by atoms with Crippen LogP contribution >= 0.6 is 11.6 Å². The zero-order valence-corrected chi connectivity index (χ0v) is 13.0. The predicted octanol–water partition coefficient (Wildman–Crippen LogP) is 2.41. The molecular formula is C14H14ClN3O4. The van der Waals surface area contributed by atoms with Crippen molar-refractivity contribution in [2.75, 3.05) is 26.6 Å². The molecule has 8 heteroatoms. The van der Waals surface area contributed by atoms with Crippen LogP contribution in [-0.4, -0.2) is 37.2 Å². The number of anilines is 1. The lowest BCUT2D eigenvalue weighted by Crippen LogP contribution is -2.15. The van der Waals surface area contributed by atoms with E-state index in [0.29, 0.717) is 28.0 Å². The summed E-state index contributed by atoms with van der Waals surface area (Å²) in [7, 11) is 4.48. The maximum Gasteiger partial charge on any atom is 0.293 e. The van der Waals surface area contributed by atoms with Gasteiger partial charge in [0, 0.05) is 12.1 Å². The van der Waals surface area contributed by atoms with E-state index in [9.17, 15) is 4.79 Å². The third kappa shape index (κ3) is 3.37. The molecule has 7 nitrogen and oxygen atoms in total. The lowest BCUT2D eigenvalue weighted by molar-refractivity contribution is 0.101. The van der Waals surface area contributed by atoms with E-state index in [1.165, 1.54) is 33.7 Å². The lowest BCUT2D eigenvalue weighted by atomic mass is 10.2. The summed E-state index contributed by atoms with van der Waals surface area (Å²) in [5.74, 6) is 0.855. The van der Waals surface area contributed by atoms with E-state index in [2.05, 4.69) is 15.3 Å². The molecule has 1 heterocycles. The Labute approximate surface area is 132 Å². The van der Waals surface area contributed by atoms with Crippen LogP contribution < -0.4 is 19.5 Å². The first-order chi connectivity index (χ1) is 10.6. The Hall–Kier alpha value is -2.54. The maximum absolute atomic E-state index is 12.1. The van der Waals surface area contributed by atoms with Crippen molar-refractivity contribution in [3.05, 3.63) is 35.4 Å². The molecule has 1 amide bonds. The van der Waals surface area contributed by atoms with E-state index in [1.807, 2.05) is 0 Å². The van der Waals surface area contributed by atoms with Crippen molar-refractivity contribution in [2.24, 2.45) is 0 Å². The summed E-state index contributed by atoms with van der Waals surface area (Å²) in [4.78, 5) is 19.9. The maximum atomic E-state index is 12.1. The minimum Gasteiger partial charge on any atom is -0.494 e. The number of ether oxygens (including phenoxy) is 3. The number of halogens is 1. The standard InChI is InChI=1S/C14H14ClN3O4/c1-20-8-6-16-13(17-7-8)14(19)18-10-5-12(22-3)11(21-2)4-9(10)15/h4-7H,1-3H3,(H,18,19). The van der Waals surface area contributed by atoms with E-state index in [-0.39, 0.29) is 5.82 Å². The lowest BCUT2D eigenvalue weighted by Gasteiger charge is -2.12. The third-order valence-electron chi connectivity index (χ3n) is 2.79. The molecular weight excluding hydrogens is 310 g/mol. The number of methoxy groups -OCH3 is 3. The molecule has 2 aromatic rings. The minimum atomic E-state index is -0.503. The topological polar surface area (TPSA) is 82.6 Å². The van der Waals surface area contributed by atoms with Gasteiger partial charge in [-0.25, -0.2) is 9.97 Å². The molecule has 22 heavy (non-hydrogen) atoms.